The fourth-order valence-electron chi connectivity index (χ4n) is 3.63. The first-order valence-electron chi connectivity index (χ1n) is 10.5. The summed E-state index contributed by atoms with van der Waals surface area (Å²) in [5.41, 5.74) is 2.38. The zero-order valence-corrected chi connectivity index (χ0v) is 18.1. The second-order valence-corrected chi connectivity index (χ2v) is 8.67. The first-order valence-corrected chi connectivity index (χ1v) is 10.5. The van der Waals surface area contributed by atoms with Crippen molar-refractivity contribution in [1.82, 2.24) is 5.32 Å². The van der Waals surface area contributed by atoms with E-state index >= 15 is 0 Å². The lowest BCUT2D eigenvalue weighted by molar-refractivity contribution is 0.00629. The summed E-state index contributed by atoms with van der Waals surface area (Å²) < 4.78 is 29.5. The summed E-state index contributed by atoms with van der Waals surface area (Å²) in [6.45, 7) is 7.03. The number of carbonyl (C=O) groups excluding carboxylic acids is 1. The summed E-state index contributed by atoms with van der Waals surface area (Å²) in [6.07, 6.45) is -1.10. The van der Waals surface area contributed by atoms with Gasteiger partial charge >= 0.3 is 13.2 Å². The molecular weight excluding hydrogens is 397 g/mol. The Labute approximate surface area is 183 Å². The fraction of sp³-hybridized carbons (Fsp3) is 0.435. The number of benzene rings is 2. The second kappa shape index (κ2) is 9.30. The number of ether oxygens (including phenoxy) is 3. The molecule has 0 saturated heterocycles. The van der Waals surface area contributed by atoms with Gasteiger partial charge in [0.1, 0.15) is 24.1 Å². The molecule has 0 radical (unpaired) electrons. The Morgan fingerprint density at radius 3 is 2.71 bits per heavy atom. The number of hydrogen-bond acceptors (Lipinski definition) is 6. The first kappa shape index (κ1) is 21.7. The summed E-state index contributed by atoms with van der Waals surface area (Å²) in [4.78, 5) is 12.0. The Hall–Kier alpha value is -2.55. The van der Waals surface area contributed by atoms with E-state index in [0.717, 1.165) is 22.3 Å². The van der Waals surface area contributed by atoms with Gasteiger partial charge in [0.05, 0.1) is 19.3 Å². The molecule has 0 aromatic heterocycles. The molecule has 8 heteroatoms. The summed E-state index contributed by atoms with van der Waals surface area (Å²) in [5, 5.41) is 2.78. The van der Waals surface area contributed by atoms with Gasteiger partial charge in [0.25, 0.3) is 0 Å². The molecule has 0 aliphatic carbocycles. The number of carbonyl (C=O) groups is 1. The Morgan fingerprint density at radius 2 is 1.94 bits per heavy atom. The van der Waals surface area contributed by atoms with E-state index < -0.39 is 18.8 Å². The van der Waals surface area contributed by atoms with Crippen LogP contribution in [0.3, 0.4) is 0 Å². The predicted octanol–water partition coefficient (Wildman–Crippen LogP) is 2.97. The summed E-state index contributed by atoms with van der Waals surface area (Å²) in [5.74, 6) is 0.743. The van der Waals surface area contributed by atoms with Crippen LogP contribution in [0.2, 0.25) is 0 Å². The third-order valence-corrected chi connectivity index (χ3v) is 4.96. The van der Waals surface area contributed by atoms with Crippen LogP contribution in [0.25, 0.3) is 0 Å². The van der Waals surface area contributed by atoms with Crippen LogP contribution in [0, 0.1) is 0 Å². The number of hydrogen-bond donors (Lipinski definition) is 1. The normalized spacial score (nSPS) is 19.9. The van der Waals surface area contributed by atoms with E-state index in [2.05, 4.69) is 5.32 Å². The average molecular weight is 425 g/mol. The van der Waals surface area contributed by atoms with Gasteiger partial charge in [-0.15, -0.1) is 0 Å². The predicted molar refractivity (Wildman–Crippen MR) is 116 cm³/mol. The van der Waals surface area contributed by atoms with Crippen LogP contribution in [0.5, 0.6) is 5.75 Å². The number of nitrogens with one attached hydrogen (secondary N) is 1. The van der Waals surface area contributed by atoms with Crippen molar-refractivity contribution in [3.05, 3.63) is 59.7 Å². The molecule has 0 spiro atoms. The molecule has 7 nitrogen and oxygen atoms in total. The molecule has 164 valence electrons. The van der Waals surface area contributed by atoms with Crippen molar-refractivity contribution in [1.29, 1.82) is 0 Å². The van der Waals surface area contributed by atoms with Crippen LogP contribution >= 0.6 is 0 Å². The van der Waals surface area contributed by atoms with E-state index in [-0.39, 0.29) is 18.8 Å². The van der Waals surface area contributed by atoms with E-state index in [1.165, 1.54) is 0 Å². The highest BCUT2D eigenvalue weighted by Gasteiger charge is 2.43. The maximum absolute atomic E-state index is 12.0. The van der Waals surface area contributed by atoms with Crippen LogP contribution in [0.1, 0.15) is 38.0 Å². The summed E-state index contributed by atoms with van der Waals surface area (Å²) in [7, 11) is -0.565. The van der Waals surface area contributed by atoms with Crippen LogP contribution in [-0.4, -0.2) is 44.7 Å². The summed E-state index contributed by atoms with van der Waals surface area (Å²) in [6, 6.07) is 15.8. The molecule has 1 N–H and O–H groups in total. The topological polar surface area (TPSA) is 75.3 Å². The van der Waals surface area contributed by atoms with Gasteiger partial charge < -0.3 is 28.8 Å². The zero-order chi connectivity index (χ0) is 21.8. The SMILES string of the molecule is CC(C)(C)OC(=O)NCC1OB2O[C@H](COCc3ccccc3)COc3cccc1c32. The molecule has 31 heavy (non-hydrogen) atoms. The first-order chi connectivity index (χ1) is 14.9. The van der Waals surface area contributed by atoms with E-state index in [9.17, 15) is 4.79 Å². The standard InChI is InChI=1S/C23H28BNO6/c1-23(2,3)29-22(26)25-12-20-18-10-7-11-19-21(18)24(31-20)30-17(15-28-19)14-27-13-16-8-5-4-6-9-16/h4-11,17,20H,12-15H2,1-3H3,(H,25,26)/t17-,20?/m1/s1. The molecule has 0 fully saturated rings. The van der Waals surface area contributed by atoms with Crippen molar-refractivity contribution in [2.45, 2.75) is 45.2 Å². The maximum Gasteiger partial charge on any atom is 0.499 e. The lowest BCUT2D eigenvalue weighted by atomic mass is 9.77. The molecule has 1 unspecified atom stereocenters. The molecule has 2 aliphatic heterocycles. The van der Waals surface area contributed by atoms with Crippen molar-refractivity contribution in [3.8, 4) is 5.75 Å². The minimum Gasteiger partial charge on any atom is -0.491 e. The lowest BCUT2D eigenvalue weighted by Gasteiger charge is -2.22. The van der Waals surface area contributed by atoms with Crippen LogP contribution in [0.15, 0.2) is 48.5 Å². The minimum absolute atomic E-state index is 0.272. The van der Waals surface area contributed by atoms with Gasteiger partial charge in [-0.1, -0.05) is 42.5 Å². The Bertz CT molecular complexity index is 901. The van der Waals surface area contributed by atoms with Gasteiger partial charge in [-0.3, -0.25) is 0 Å². The molecule has 0 bridgehead atoms. The molecule has 2 heterocycles. The minimum atomic E-state index is -0.565. The van der Waals surface area contributed by atoms with E-state index in [0.29, 0.717) is 19.8 Å². The molecule has 2 atom stereocenters. The molecule has 2 aromatic carbocycles. The monoisotopic (exact) mass is 425 g/mol. The Kier molecular flexibility index (Phi) is 6.50. The fourth-order valence-corrected chi connectivity index (χ4v) is 3.63. The molecule has 1 amide bonds. The van der Waals surface area contributed by atoms with E-state index in [4.69, 9.17) is 23.5 Å². The van der Waals surface area contributed by atoms with Gasteiger partial charge in [-0.25, -0.2) is 4.79 Å². The van der Waals surface area contributed by atoms with Gasteiger partial charge in [-0.2, -0.15) is 0 Å². The highest BCUT2D eigenvalue weighted by molar-refractivity contribution is 6.64. The van der Waals surface area contributed by atoms with Crippen molar-refractivity contribution in [3.63, 3.8) is 0 Å². The lowest BCUT2D eigenvalue weighted by Crippen LogP contribution is -2.38. The molecule has 0 saturated carbocycles. The highest BCUT2D eigenvalue weighted by atomic mass is 16.6. The zero-order valence-electron chi connectivity index (χ0n) is 18.1. The molecule has 4 rings (SSSR count). The van der Waals surface area contributed by atoms with Gasteiger partial charge in [-0.05, 0) is 38.0 Å². The Morgan fingerprint density at radius 1 is 1.13 bits per heavy atom. The highest BCUT2D eigenvalue weighted by Crippen LogP contribution is 2.31. The van der Waals surface area contributed by atoms with Crippen molar-refractivity contribution in [2.24, 2.45) is 0 Å². The second-order valence-electron chi connectivity index (χ2n) is 8.67. The third-order valence-electron chi connectivity index (χ3n) is 4.96. The summed E-state index contributed by atoms with van der Waals surface area (Å²) >= 11 is 0. The molecule has 2 aromatic rings. The van der Waals surface area contributed by atoms with Gasteiger partial charge in [0.2, 0.25) is 0 Å². The molecule has 2 aliphatic rings. The van der Waals surface area contributed by atoms with Crippen LogP contribution in [0.4, 0.5) is 4.79 Å². The van der Waals surface area contributed by atoms with Crippen molar-refractivity contribution in [2.75, 3.05) is 19.8 Å². The van der Waals surface area contributed by atoms with E-state index in [1.807, 2.05) is 69.3 Å². The number of rotatable bonds is 6. The number of amides is 1. The quantitative estimate of drug-likeness (QED) is 0.718. The van der Waals surface area contributed by atoms with E-state index in [1.54, 1.807) is 0 Å². The average Bonchev–Trinajstić information content (AvgIpc) is 2.97. The largest absolute Gasteiger partial charge is 0.499 e. The van der Waals surface area contributed by atoms with Gasteiger partial charge in [0.15, 0.2) is 0 Å². The van der Waals surface area contributed by atoms with Gasteiger partial charge in [0, 0.05) is 12.0 Å². The van der Waals surface area contributed by atoms with Crippen LogP contribution < -0.4 is 15.5 Å². The number of alkyl carbamates (subject to hydrolysis) is 1. The molecular formula is C23H28BNO6. The van der Waals surface area contributed by atoms with Crippen LogP contribution in [-0.2, 0) is 25.4 Å². The van der Waals surface area contributed by atoms with Crippen molar-refractivity contribution < 1.29 is 28.3 Å². The maximum atomic E-state index is 12.0. The smallest absolute Gasteiger partial charge is 0.491 e. The Balaban J connectivity index is 1.36. The third kappa shape index (κ3) is 5.58. The van der Waals surface area contributed by atoms with Crippen molar-refractivity contribution >= 4 is 18.7 Å².